The van der Waals surface area contributed by atoms with Gasteiger partial charge in [-0.3, -0.25) is 9.78 Å². The minimum Gasteiger partial charge on any atom is -0.507 e. The number of pyridine rings is 1. The Balaban J connectivity index is 2.02. The van der Waals surface area contributed by atoms with E-state index in [1.54, 1.807) is 12.1 Å². The molecule has 0 fully saturated rings. The first-order valence-corrected chi connectivity index (χ1v) is 5.39. The number of halogens is 1. The first-order valence-electron chi connectivity index (χ1n) is 5.39. The van der Waals surface area contributed by atoms with Crippen molar-refractivity contribution in [3.05, 3.63) is 59.7 Å². The second kappa shape index (κ2) is 5.72. The van der Waals surface area contributed by atoms with Gasteiger partial charge in [-0.05, 0) is 24.3 Å². The van der Waals surface area contributed by atoms with Gasteiger partial charge in [-0.1, -0.05) is 0 Å². The van der Waals surface area contributed by atoms with Crippen LogP contribution >= 0.6 is 0 Å². The van der Waals surface area contributed by atoms with Crippen molar-refractivity contribution in [3.8, 4) is 5.75 Å². The summed E-state index contributed by atoms with van der Waals surface area (Å²) >= 11 is 0. The molecule has 0 saturated carbocycles. The van der Waals surface area contributed by atoms with Crippen LogP contribution in [0.15, 0.2) is 47.8 Å². The van der Waals surface area contributed by atoms with E-state index in [4.69, 9.17) is 0 Å². The van der Waals surface area contributed by atoms with Gasteiger partial charge in [-0.15, -0.1) is 0 Å². The average molecular weight is 259 g/mol. The molecular weight excluding hydrogens is 249 g/mol. The number of rotatable bonds is 3. The topological polar surface area (TPSA) is 74.6 Å². The van der Waals surface area contributed by atoms with Gasteiger partial charge in [0.15, 0.2) is 0 Å². The SMILES string of the molecule is O=C(NN=Cc1ccc(F)cc1O)c1ccncc1. The summed E-state index contributed by atoms with van der Waals surface area (Å²) in [5.41, 5.74) is 3.00. The van der Waals surface area contributed by atoms with Crippen LogP contribution < -0.4 is 5.43 Å². The van der Waals surface area contributed by atoms with E-state index < -0.39 is 11.7 Å². The molecule has 0 aliphatic heterocycles. The molecule has 0 bridgehead atoms. The summed E-state index contributed by atoms with van der Waals surface area (Å²) in [5.74, 6) is -1.20. The van der Waals surface area contributed by atoms with Gasteiger partial charge in [0, 0.05) is 29.6 Å². The Morgan fingerprint density at radius 1 is 1.32 bits per heavy atom. The van der Waals surface area contributed by atoms with Crippen LogP contribution in [0.5, 0.6) is 5.75 Å². The van der Waals surface area contributed by atoms with Crippen molar-refractivity contribution in [1.29, 1.82) is 0 Å². The van der Waals surface area contributed by atoms with Crippen LogP contribution in [0.3, 0.4) is 0 Å². The highest BCUT2D eigenvalue weighted by Gasteiger charge is 2.03. The molecule has 0 aliphatic rings. The highest BCUT2D eigenvalue weighted by Crippen LogP contribution is 2.15. The van der Waals surface area contributed by atoms with E-state index in [-0.39, 0.29) is 5.75 Å². The fourth-order valence-corrected chi connectivity index (χ4v) is 1.35. The Kier molecular flexibility index (Phi) is 3.82. The van der Waals surface area contributed by atoms with Crippen molar-refractivity contribution >= 4 is 12.1 Å². The number of phenolic OH excluding ortho intramolecular Hbond substituents is 1. The molecule has 1 aromatic heterocycles. The van der Waals surface area contributed by atoms with Gasteiger partial charge in [-0.2, -0.15) is 5.10 Å². The number of hydrogen-bond acceptors (Lipinski definition) is 4. The quantitative estimate of drug-likeness (QED) is 0.650. The molecule has 0 spiro atoms. The molecular formula is C13H10FN3O2. The van der Waals surface area contributed by atoms with E-state index in [9.17, 15) is 14.3 Å². The van der Waals surface area contributed by atoms with Gasteiger partial charge in [0.2, 0.25) is 0 Å². The number of aromatic nitrogens is 1. The number of amides is 1. The maximum Gasteiger partial charge on any atom is 0.271 e. The predicted molar refractivity (Wildman–Crippen MR) is 67.4 cm³/mol. The van der Waals surface area contributed by atoms with E-state index in [1.165, 1.54) is 30.7 Å². The summed E-state index contributed by atoms with van der Waals surface area (Å²) in [6, 6.07) is 6.59. The summed E-state index contributed by atoms with van der Waals surface area (Å²) in [4.78, 5) is 15.4. The fraction of sp³-hybridized carbons (Fsp3) is 0. The van der Waals surface area contributed by atoms with E-state index in [0.717, 1.165) is 6.07 Å². The van der Waals surface area contributed by atoms with Crippen LogP contribution in [-0.4, -0.2) is 22.2 Å². The molecule has 6 heteroatoms. The highest BCUT2D eigenvalue weighted by atomic mass is 19.1. The zero-order chi connectivity index (χ0) is 13.7. The van der Waals surface area contributed by atoms with E-state index in [1.807, 2.05) is 0 Å². The summed E-state index contributed by atoms with van der Waals surface area (Å²) in [7, 11) is 0. The zero-order valence-corrected chi connectivity index (χ0v) is 9.75. The van der Waals surface area contributed by atoms with Gasteiger partial charge < -0.3 is 5.11 Å². The van der Waals surface area contributed by atoms with Crippen molar-refractivity contribution in [3.63, 3.8) is 0 Å². The third-order valence-electron chi connectivity index (χ3n) is 2.30. The molecule has 2 rings (SSSR count). The number of aromatic hydroxyl groups is 1. The molecule has 19 heavy (non-hydrogen) atoms. The number of hydrogen-bond donors (Lipinski definition) is 2. The average Bonchev–Trinajstić information content (AvgIpc) is 2.42. The maximum atomic E-state index is 12.7. The number of nitrogens with one attached hydrogen (secondary N) is 1. The number of phenols is 1. The molecule has 0 atom stereocenters. The summed E-state index contributed by atoms with van der Waals surface area (Å²) in [5, 5.41) is 13.1. The molecule has 5 nitrogen and oxygen atoms in total. The maximum absolute atomic E-state index is 12.7. The molecule has 2 aromatic rings. The molecule has 0 saturated heterocycles. The van der Waals surface area contributed by atoms with Gasteiger partial charge in [-0.25, -0.2) is 9.82 Å². The van der Waals surface area contributed by atoms with E-state index >= 15 is 0 Å². The van der Waals surface area contributed by atoms with Crippen LogP contribution in [0.4, 0.5) is 4.39 Å². The van der Waals surface area contributed by atoms with Crippen molar-refractivity contribution in [2.24, 2.45) is 5.10 Å². The standard InChI is InChI=1S/C13H10FN3O2/c14-11-2-1-10(12(18)7-11)8-16-17-13(19)9-3-5-15-6-4-9/h1-8,18H,(H,17,19). The van der Waals surface area contributed by atoms with Gasteiger partial charge >= 0.3 is 0 Å². The molecule has 2 N–H and O–H groups in total. The lowest BCUT2D eigenvalue weighted by molar-refractivity contribution is 0.0955. The lowest BCUT2D eigenvalue weighted by Gasteiger charge is -2.00. The number of carbonyl (C=O) groups is 1. The van der Waals surface area contributed by atoms with E-state index in [2.05, 4.69) is 15.5 Å². The van der Waals surface area contributed by atoms with Crippen molar-refractivity contribution in [1.82, 2.24) is 10.4 Å². The summed E-state index contributed by atoms with van der Waals surface area (Å²) in [6.45, 7) is 0. The van der Waals surface area contributed by atoms with Gasteiger partial charge in [0.25, 0.3) is 5.91 Å². The lowest BCUT2D eigenvalue weighted by atomic mass is 10.2. The molecule has 0 radical (unpaired) electrons. The molecule has 1 amide bonds. The van der Waals surface area contributed by atoms with Crippen LogP contribution in [-0.2, 0) is 0 Å². The number of benzene rings is 1. The van der Waals surface area contributed by atoms with Crippen LogP contribution in [0.1, 0.15) is 15.9 Å². The number of carbonyl (C=O) groups excluding carboxylic acids is 1. The second-order valence-electron chi connectivity index (χ2n) is 3.64. The zero-order valence-electron chi connectivity index (χ0n) is 9.75. The summed E-state index contributed by atoms with van der Waals surface area (Å²) in [6.07, 6.45) is 4.21. The first-order chi connectivity index (χ1) is 9.16. The monoisotopic (exact) mass is 259 g/mol. The number of hydrazone groups is 1. The van der Waals surface area contributed by atoms with Crippen LogP contribution in [0, 0.1) is 5.82 Å². The van der Waals surface area contributed by atoms with Crippen molar-refractivity contribution < 1.29 is 14.3 Å². The largest absolute Gasteiger partial charge is 0.507 e. The third-order valence-corrected chi connectivity index (χ3v) is 2.30. The molecule has 0 unspecified atom stereocenters. The van der Waals surface area contributed by atoms with E-state index in [0.29, 0.717) is 11.1 Å². The minimum absolute atomic E-state index is 0.248. The minimum atomic E-state index is -0.546. The lowest BCUT2D eigenvalue weighted by Crippen LogP contribution is -2.17. The molecule has 1 aromatic carbocycles. The predicted octanol–water partition coefficient (Wildman–Crippen LogP) is 1.69. The van der Waals surface area contributed by atoms with Crippen LogP contribution in [0.25, 0.3) is 0 Å². The number of nitrogens with zero attached hydrogens (tertiary/aromatic N) is 2. The van der Waals surface area contributed by atoms with Crippen LogP contribution in [0.2, 0.25) is 0 Å². The molecule has 96 valence electrons. The third kappa shape index (κ3) is 3.35. The van der Waals surface area contributed by atoms with Gasteiger partial charge in [0.1, 0.15) is 11.6 Å². The Bertz CT molecular complexity index is 615. The Hall–Kier alpha value is -2.76. The molecule has 1 heterocycles. The first kappa shape index (κ1) is 12.7. The fourth-order valence-electron chi connectivity index (χ4n) is 1.35. The van der Waals surface area contributed by atoms with Crippen molar-refractivity contribution in [2.75, 3.05) is 0 Å². The Labute approximate surface area is 108 Å². The second-order valence-corrected chi connectivity index (χ2v) is 3.64. The van der Waals surface area contributed by atoms with Crippen molar-refractivity contribution in [2.45, 2.75) is 0 Å². The summed E-state index contributed by atoms with van der Waals surface area (Å²) < 4.78 is 12.7. The smallest absolute Gasteiger partial charge is 0.271 e. The Morgan fingerprint density at radius 3 is 2.74 bits per heavy atom. The highest BCUT2D eigenvalue weighted by molar-refractivity contribution is 5.94. The van der Waals surface area contributed by atoms with Gasteiger partial charge in [0.05, 0.1) is 6.21 Å². The molecule has 0 aliphatic carbocycles. The Morgan fingerprint density at radius 2 is 2.05 bits per heavy atom. The normalized spacial score (nSPS) is 10.6.